The van der Waals surface area contributed by atoms with Crippen LogP contribution in [0.2, 0.25) is 0 Å². The molecule has 8 nitrogen and oxygen atoms in total. The quantitative estimate of drug-likeness (QED) is 0.248. The summed E-state index contributed by atoms with van der Waals surface area (Å²) < 4.78 is 9.47. The smallest absolute Gasteiger partial charge is 0.340 e. The summed E-state index contributed by atoms with van der Waals surface area (Å²) in [6.07, 6.45) is 0. The Morgan fingerprint density at radius 1 is 1.09 bits per heavy atom. The lowest BCUT2D eigenvalue weighted by molar-refractivity contribution is -0.159. The van der Waals surface area contributed by atoms with Gasteiger partial charge >= 0.3 is 11.9 Å². The zero-order chi connectivity index (χ0) is 17.2. The first kappa shape index (κ1) is 18.1. The Morgan fingerprint density at radius 3 is 2.04 bits per heavy atom. The molecule has 0 radical (unpaired) electrons. The minimum absolute atomic E-state index is 0.0320. The average Bonchev–Trinajstić information content (AvgIpc) is 2.54. The van der Waals surface area contributed by atoms with Crippen LogP contribution in [0.3, 0.4) is 0 Å². The monoisotopic (exact) mass is 322 g/mol. The first-order chi connectivity index (χ1) is 11.0. The molecule has 0 saturated carbocycles. The maximum atomic E-state index is 12.2. The molecule has 1 rings (SSSR count). The molecule has 23 heavy (non-hydrogen) atoms. The summed E-state index contributed by atoms with van der Waals surface area (Å²) in [5.41, 5.74) is -0.0248. The first-order valence-corrected chi connectivity index (χ1v) is 6.96. The molecule has 0 atom stereocenters. The molecule has 1 aromatic rings. The van der Waals surface area contributed by atoms with E-state index in [1.165, 1.54) is 0 Å². The molecule has 1 amide bonds. The second kappa shape index (κ2) is 9.19. The summed E-state index contributed by atoms with van der Waals surface area (Å²) in [5, 5.41) is 14.1. The number of esters is 2. The lowest BCUT2D eigenvalue weighted by Crippen LogP contribution is -2.50. The predicted octanol–water partition coefficient (Wildman–Crippen LogP) is 0.476. The average molecular weight is 322 g/mol. The van der Waals surface area contributed by atoms with Crippen molar-refractivity contribution in [1.29, 1.82) is 0 Å². The van der Waals surface area contributed by atoms with Crippen molar-refractivity contribution >= 4 is 23.6 Å². The summed E-state index contributed by atoms with van der Waals surface area (Å²) in [6.45, 7) is 3.19. The van der Waals surface area contributed by atoms with Gasteiger partial charge in [-0.25, -0.2) is 9.59 Å². The number of rotatable bonds is 7. The molecule has 2 N–H and O–H groups in total. The van der Waals surface area contributed by atoms with Crippen LogP contribution in [0, 0.1) is 0 Å². The normalized spacial score (nSPS) is 11.0. The van der Waals surface area contributed by atoms with Crippen LogP contribution >= 0.6 is 0 Å². The maximum absolute atomic E-state index is 12.2. The Labute approximate surface area is 133 Å². The third-order valence-corrected chi connectivity index (χ3v) is 2.68. The summed E-state index contributed by atoms with van der Waals surface area (Å²) in [4.78, 5) is 35.8. The van der Waals surface area contributed by atoms with E-state index in [2.05, 4.69) is 10.5 Å². The molecule has 0 aliphatic rings. The van der Waals surface area contributed by atoms with Gasteiger partial charge in [0.15, 0.2) is 5.71 Å². The third-order valence-electron chi connectivity index (χ3n) is 2.68. The van der Waals surface area contributed by atoms with Crippen LogP contribution in [-0.2, 0) is 23.9 Å². The van der Waals surface area contributed by atoms with Gasteiger partial charge in [0.2, 0.25) is 6.04 Å². The molecule has 0 spiro atoms. The number of hydrogen-bond acceptors (Lipinski definition) is 7. The van der Waals surface area contributed by atoms with Crippen LogP contribution in [0.25, 0.3) is 0 Å². The van der Waals surface area contributed by atoms with Gasteiger partial charge in [0.1, 0.15) is 0 Å². The molecule has 0 fully saturated rings. The molecule has 0 aromatic heterocycles. The van der Waals surface area contributed by atoms with Crippen molar-refractivity contribution in [2.45, 2.75) is 19.9 Å². The second-order valence-electron chi connectivity index (χ2n) is 4.23. The lowest BCUT2D eigenvalue weighted by Gasteiger charge is -2.16. The van der Waals surface area contributed by atoms with Crippen molar-refractivity contribution in [2.75, 3.05) is 13.2 Å². The molecule has 0 aliphatic carbocycles. The van der Waals surface area contributed by atoms with E-state index in [0.717, 1.165) is 0 Å². The third kappa shape index (κ3) is 5.10. The van der Waals surface area contributed by atoms with Crippen LogP contribution in [0.1, 0.15) is 19.4 Å². The van der Waals surface area contributed by atoms with Crippen molar-refractivity contribution in [3.63, 3.8) is 0 Å². The highest BCUT2D eigenvalue weighted by Gasteiger charge is 2.32. The number of hydrogen-bond donors (Lipinski definition) is 2. The van der Waals surface area contributed by atoms with E-state index in [4.69, 9.17) is 14.7 Å². The SMILES string of the molecule is CCOC(=O)C(NC(=O)/C(=N/O)c1ccccc1)C(=O)OCC. The summed E-state index contributed by atoms with van der Waals surface area (Å²) in [7, 11) is 0. The number of ether oxygens (including phenoxy) is 2. The molecule has 0 bridgehead atoms. The van der Waals surface area contributed by atoms with Gasteiger partial charge in [-0.15, -0.1) is 0 Å². The predicted molar refractivity (Wildman–Crippen MR) is 80.0 cm³/mol. The Balaban J connectivity index is 2.95. The van der Waals surface area contributed by atoms with Crippen molar-refractivity contribution in [3.8, 4) is 0 Å². The van der Waals surface area contributed by atoms with E-state index in [-0.39, 0.29) is 18.9 Å². The van der Waals surface area contributed by atoms with Gasteiger partial charge < -0.3 is 20.0 Å². The van der Waals surface area contributed by atoms with E-state index < -0.39 is 23.9 Å². The van der Waals surface area contributed by atoms with Crippen LogP contribution in [0.15, 0.2) is 35.5 Å². The van der Waals surface area contributed by atoms with E-state index >= 15 is 0 Å². The fourth-order valence-electron chi connectivity index (χ4n) is 1.69. The van der Waals surface area contributed by atoms with Gasteiger partial charge in [-0.05, 0) is 13.8 Å². The zero-order valence-electron chi connectivity index (χ0n) is 12.8. The van der Waals surface area contributed by atoms with E-state index in [0.29, 0.717) is 5.56 Å². The Kier molecular flexibility index (Phi) is 7.25. The van der Waals surface area contributed by atoms with Crippen molar-refractivity contribution in [2.24, 2.45) is 5.16 Å². The molecule has 1 aromatic carbocycles. The number of nitrogens with one attached hydrogen (secondary N) is 1. The van der Waals surface area contributed by atoms with Crippen molar-refractivity contribution < 1.29 is 29.1 Å². The van der Waals surface area contributed by atoms with Gasteiger partial charge in [0.25, 0.3) is 5.91 Å². The molecule has 8 heteroatoms. The number of nitrogens with zero attached hydrogens (tertiary/aromatic N) is 1. The highest BCUT2D eigenvalue weighted by atomic mass is 16.6. The summed E-state index contributed by atoms with van der Waals surface area (Å²) in [5.74, 6) is -2.82. The number of amides is 1. The Bertz CT molecular complexity index is 567. The first-order valence-electron chi connectivity index (χ1n) is 6.96. The number of carbonyl (C=O) groups is 3. The molecular weight excluding hydrogens is 304 g/mol. The van der Waals surface area contributed by atoms with E-state index in [1.54, 1.807) is 44.2 Å². The topological polar surface area (TPSA) is 114 Å². The van der Waals surface area contributed by atoms with Crippen LogP contribution < -0.4 is 5.32 Å². The zero-order valence-corrected chi connectivity index (χ0v) is 12.8. The van der Waals surface area contributed by atoms with Crippen LogP contribution in [-0.4, -0.2) is 48.0 Å². The molecule has 0 saturated heterocycles. The fraction of sp³-hybridized carbons (Fsp3) is 0.333. The summed E-state index contributed by atoms with van der Waals surface area (Å²) in [6, 6.07) is 6.44. The van der Waals surface area contributed by atoms with E-state index in [9.17, 15) is 14.4 Å². The molecule has 0 heterocycles. The standard InChI is InChI=1S/C15H18N2O6/c1-3-22-14(19)12(15(20)23-4-2)16-13(18)11(17-21)10-8-6-5-7-9-10/h5-9,12,21H,3-4H2,1-2H3,(H,16,18)/b17-11+. The molecular formula is C15H18N2O6. The van der Waals surface area contributed by atoms with Gasteiger partial charge in [0.05, 0.1) is 13.2 Å². The highest BCUT2D eigenvalue weighted by Crippen LogP contribution is 2.03. The molecule has 0 unspecified atom stereocenters. The van der Waals surface area contributed by atoms with Crippen molar-refractivity contribution in [3.05, 3.63) is 35.9 Å². The van der Waals surface area contributed by atoms with Gasteiger partial charge in [0, 0.05) is 5.56 Å². The van der Waals surface area contributed by atoms with E-state index in [1.807, 2.05) is 0 Å². The summed E-state index contributed by atoms with van der Waals surface area (Å²) >= 11 is 0. The lowest BCUT2D eigenvalue weighted by atomic mass is 10.1. The maximum Gasteiger partial charge on any atom is 0.340 e. The van der Waals surface area contributed by atoms with Crippen LogP contribution in [0.4, 0.5) is 0 Å². The number of oxime groups is 1. The number of benzene rings is 1. The molecule has 0 aliphatic heterocycles. The Hall–Kier alpha value is -2.90. The molecule has 124 valence electrons. The minimum atomic E-state index is -1.64. The fourth-order valence-corrected chi connectivity index (χ4v) is 1.69. The largest absolute Gasteiger partial charge is 0.464 e. The second-order valence-corrected chi connectivity index (χ2v) is 4.23. The number of carbonyl (C=O) groups excluding carboxylic acids is 3. The van der Waals surface area contributed by atoms with Crippen molar-refractivity contribution in [1.82, 2.24) is 5.32 Å². The van der Waals surface area contributed by atoms with Crippen LogP contribution in [0.5, 0.6) is 0 Å². The highest BCUT2D eigenvalue weighted by molar-refractivity contribution is 6.45. The minimum Gasteiger partial charge on any atom is -0.464 e. The Morgan fingerprint density at radius 2 is 1.61 bits per heavy atom. The van der Waals surface area contributed by atoms with Gasteiger partial charge in [-0.3, -0.25) is 4.79 Å². The van der Waals surface area contributed by atoms with Gasteiger partial charge in [-0.1, -0.05) is 35.5 Å². The van der Waals surface area contributed by atoms with Gasteiger partial charge in [-0.2, -0.15) is 0 Å².